The van der Waals surface area contributed by atoms with Crippen LogP contribution in [0.1, 0.15) is 12.8 Å². The Balaban J connectivity index is 1.70. The highest BCUT2D eigenvalue weighted by Gasteiger charge is 2.21. The van der Waals surface area contributed by atoms with Gasteiger partial charge in [-0.15, -0.1) is 0 Å². The minimum Gasteiger partial charge on any atom is -0.691 e. The Morgan fingerprint density at radius 3 is 2.23 bits per heavy atom. The van der Waals surface area contributed by atoms with Gasteiger partial charge in [0.2, 0.25) is 0 Å². The highest BCUT2D eigenvalue weighted by molar-refractivity contribution is 7.99. The van der Waals surface area contributed by atoms with E-state index in [2.05, 4.69) is 62.8 Å². The van der Waals surface area contributed by atoms with Gasteiger partial charge in [0.1, 0.15) is 0 Å². The maximum Gasteiger partial charge on any atom is 0.0552 e. The standard InChI is InChI=1S/C16H17NO3S2/c18-19-20-21-12-6-5-11-17-13-7-1-3-9-15(13)22-16-10-4-2-8-14(16)17/h1-4,7-10,18H,5-6,11-12H2/p-1. The van der Waals surface area contributed by atoms with Crippen LogP contribution in [-0.4, -0.2) is 12.3 Å². The second kappa shape index (κ2) is 7.89. The van der Waals surface area contributed by atoms with Gasteiger partial charge in [-0.05, 0) is 37.1 Å². The fourth-order valence-electron chi connectivity index (χ4n) is 2.51. The van der Waals surface area contributed by atoms with Crippen LogP contribution in [-0.2, 0) is 9.37 Å². The molecule has 0 bridgehead atoms. The molecule has 0 amide bonds. The van der Waals surface area contributed by atoms with Crippen LogP contribution in [0, 0.1) is 0 Å². The van der Waals surface area contributed by atoms with E-state index < -0.39 is 0 Å². The first-order chi connectivity index (χ1) is 10.9. The van der Waals surface area contributed by atoms with Crippen LogP contribution in [0.2, 0.25) is 0 Å². The quantitative estimate of drug-likeness (QED) is 0.331. The Kier molecular flexibility index (Phi) is 5.64. The molecule has 4 nitrogen and oxygen atoms in total. The number of fused-ring (bicyclic) bond motifs is 2. The molecular weight excluding hydrogens is 318 g/mol. The maximum absolute atomic E-state index is 9.73. The van der Waals surface area contributed by atoms with Gasteiger partial charge < -0.3 is 10.2 Å². The number of rotatable bonds is 7. The van der Waals surface area contributed by atoms with E-state index in [4.69, 9.17) is 0 Å². The van der Waals surface area contributed by atoms with Gasteiger partial charge in [0.25, 0.3) is 0 Å². The minimum absolute atomic E-state index is 0.744. The van der Waals surface area contributed by atoms with Crippen LogP contribution >= 0.6 is 23.8 Å². The Hall–Kier alpha value is -1.18. The van der Waals surface area contributed by atoms with Crippen molar-refractivity contribution in [2.75, 3.05) is 17.2 Å². The van der Waals surface area contributed by atoms with E-state index in [0.29, 0.717) is 0 Å². The number of benzene rings is 2. The average molecular weight is 334 g/mol. The number of unbranched alkanes of at least 4 members (excludes halogenated alkanes) is 1. The van der Waals surface area contributed by atoms with Crippen molar-refractivity contribution in [2.45, 2.75) is 22.6 Å². The van der Waals surface area contributed by atoms with E-state index >= 15 is 0 Å². The number of hydrogen-bond donors (Lipinski definition) is 0. The second-order valence-electron chi connectivity index (χ2n) is 4.85. The van der Waals surface area contributed by atoms with Gasteiger partial charge in [0.15, 0.2) is 0 Å². The molecule has 22 heavy (non-hydrogen) atoms. The predicted molar refractivity (Wildman–Crippen MR) is 87.9 cm³/mol. The highest BCUT2D eigenvalue weighted by atomic mass is 32.2. The van der Waals surface area contributed by atoms with Crippen molar-refractivity contribution in [3.05, 3.63) is 48.5 Å². The molecule has 1 aliphatic heterocycles. The van der Waals surface area contributed by atoms with Gasteiger partial charge in [0, 0.05) is 34.1 Å². The molecule has 2 aromatic rings. The summed E-state index contributed by atoms with van der Waals surface area (Å²) < 4.78 is 4.28. The van der Waals surface area contributed by atoms with Crippen molar-refractivity contribution in [1.29, 1.82) is 0 Å². The molecule has 0 atom stereocenters. The van der Waals surface area contributed by atoms with Crippen LogP contribution in [0.3, 0.4) is 0 Å². The van der Waals surface area contributed by atoms with Crippen LogP contribution in [0.5, 0.6) is 0 Å². The van der Waals surface area contributed by atoms with Crippen LogP contribution in [0.25, 0.3) is 0 Å². The zero-order chi connectivity index (χ0) is 15.2. The van der Waals surface area contributed by atoms with Crippen LogP contribution in [0.15, 0.2) is 58.3 Å². The molecule has 0 radical (unpaired) electrons. The van der Waals surface area contributed by atoms with Crippen molar-refractivity contribution in [2.24, 2.45) is 0 Å². The summed E-state index contributed by atoms with van der Waals surface area (Å²) in [5.74, 6) is 0.744. The summed E-state index contributed by atoms with van der Waals surface area (Å²) >= 11 is 2.87. The first-order valence-electron chi connectivity index (χ1n) is 7.12. The molecule has 1 aliphatic rings. The fraction of sp³-hybridized carbons (Fsp3) is 0.250. The van der Waals surface area contributed by atoms with Gasteiger partial charge in [-0.1, -0.05) is 36.0 Å². The molecule has 0 spiro atoms. The number of nitrogens with zero attached hydrogens (tertiary/aromatic N) is 1. The summed E-state index contributed by atoms with van der Waals surface area (Å²) in [5, 5.41) is 13.1. The molecule has 0 aromatic heterocycles. The SMILES string of the molecule is [O-]OOSCCCCN1c2ccccc2Sc2ccccc21. The third-order valence-electron chi connectivity index (χ3n) is 3.47. The fourth-order valence-corrected chi connectivity index (χ4v) is 4.03. The van der Waals surface area contributed by atoms with Crippen LogP contribution in [0.4, 0.5) is 11.4 Å². The molecule has 0 unspecified atom stereocenters. The van der Waals surface area contributed by atoms with Gasteiger partial charge in [-0.3, -0.25) is 5.04 Å². The monoisotopic (exact) mass is 334 g/mol. The lowest BCUT2D eigenvalue weighted by Crippen LogP contribution is -2.22. The third-order valence-corrected chi connectivity index (χ3v) is 5.20. The van der Waals surface area contributed by atoms with E-state index in [1.807, 2.05) is 11.8 Å². The molecule has 0 N–H and O–H groups in total. The number of para-hydroxylation sites is 2. The Bertz CT molecular complexity index is 578. The summed E-state index contributed by atoms with van der Waals surface area (Å²) in [4.78, 5) is 4.95. The Morgan fingerprint density at radius 1 is 0.955 bits per heavy atom. The first kappa shape index (κ1) is 15.7. The highest BCUT2D eigenvalue weighted by Crippen LogP contribution is 2.47. The normalized spacial score (nSPS) is 12.9. The molecule has 0 saturated carbocycles. The summed E-state index contributed by atoms with van der Waals surface area (Å²) in [5.41, 5.74) is 2.52. The Labute approximate surface area is 138 Å². The molecule has 116 valence electrons. The van der Waals surface area contributed by atoms with E-state index in [9.17, 15) is 5.26 Å². The van der Waals surface area contributed by atoms with Crippen molar-refractivity contribution in [1.82, 2.24) is 0 Å². The van der Waals surface area contributed by atoms with Crippen molar-refractivity contribution >= 4 is 35.2 Å². The molecule has 0 fully saturated rings. The molecule has 6 heteroatoms. The maximum atomic E-state index is 9.73. The summed E-state index contributed by atoms with van der Waals surface area (Å²) in [6.45, 7) is 0.938. The van der Waals surface area contributed by atoms with Crippen LogP contribution < -0.4 is 10.2 Å². The number of hydrogen-bond acceptors (Lipinski definition) is 6. The van der Waals surface area contributed by atoms with Gasteiger partial charge >= 0.3 is 0 Å². The minimum atomic E-state index is 0.744. The van der Waals surface area contributed by atoms with Crippen molar-refractivity contribution in [3.63, 3.8) is 0 Å². The molecule has 1 heterocycles. The number of anilines is 2. The Morgan fingerprint density at radius 2 is 1.59 bits per heavy atom. The van der Waals surface area contributed by atoms with E-state index in [1.54, 1.807) is 0 Å². The summed E-state index contributed by atoms with van der Waals surface area (Å²) in [6.07, 6.45) is 1.98. The zero-order valence-corrected chi connectivity index (χ0v) is 13.6. The lowest BCUT2D eigenvalue weighted by atomic mass is 10.2. The second-order valence-corrected chi connectivity index (χ2v) is 6.72. The molecular formula is C16H16NO3S2-. The topological polar surface area (TPSA) is 44.8 Å². The van der Waals surface area contributed by atoms with Gasteiger partial charge in [-0.25, -0.2) is 0 Å². The van der Waals surface area contributed by atoms with E-state index in [1.165, 1.54) is 21.2 Å². The molecule has 0 saturated heterocycles. The van der Waals surface area contributed by atoms with E-state index in [0.717, 1.165) is 37.2 Å². The zero-order valence-electron chi connectivity index (χ0n) is 11.9. The third kappa shape index (κ3) is 3.59. The lowest BCUT2D eigenvalue weighted by Gasteiger charge is -2.32. The van der Waals surface area contributed by atoms with Gasteiger partial charge in [-0.2, -0.15) is 4.33 Å². The smallest absolute Gasteiger partial charge is 0.0552 e. The first-order valence-corrected chi connectivity index (χ1v) is 8.84. The lowest BCUT2D eigenvalue weighted by molar-refractivity contribution is -0.777. The van der Waals surface area contributed by atoms with Gasteiger partial charge in [0.05, 0.1) is 11.4 Å². The largest absolute Gasteiger partial charge is 0.691 e. The van der Waals surface area contributed by atoms with Crippen molar-refractivity contribution in [3.8, 4) is 0 Å². The molecule has 2 aromatic carbocycles. The summed E-state index contributed by atoms with van der Waals surface area (Å²) in [6, 6.07) is 17.0. The van der Waals surface area contributed by atoms with E-state index in [-0.39, 0.29) is 0 Å². The molecule has 3 rings (SSSR count). The molecule has 0 aliphatic carbocycles. The average Bonchev–Trinajstić information content (AvgIpc) is 2.57. The van der Waals surface area contributed by atoms with Crippen molar-refractivity contribution < 1.29 is 14.6 Å². The predicted octanol–water partition coefficient (Wildman–Crippen LogP) is 3.94. The summed E-state index contributed by atoms with van der Waals surface area (Å²) in [7, 11) is 0.